The Morgan fingerprint density at radius 1 is 0.743 bits per heavy atom. The number of hydrazone groups is 1. The van der Waals surface area contributed by atoms with Crippen molar-refractivity contribution in [2.75, 3.05) is 12.7 Å². The van der Waals surface area contributed by atoms with Crippen LogP contribution in [0.2, 0.25) is 0 Å². The molecule has 3 aromatic rings. The molecule has 0 saturated heterocycles. The van der Waals surface area contributed by atoms with Crippen molar-refractivity contribution in [2.45, 2.75) is 39.5 Å². The SMILES string of the molecule is CC(=O)/C(C)=N\NC(=S)NCCCCCC[PH](c1ccccc1)(c1ccccc1)c1ccccc1. The van der Waals surface area contributed by atoms with Crippen molar-refractivity contribution in [3.63, 3.8) is 0 Å². The van der Waals surface area contributed by atoms with Crippen LogP contribution in [0.25, 0.3) is 0 Å². The summed E-state index contributed by atoms with van der Waals surface area (Å²) < 4.78 is 0. The number of unbranched alkanes of at least 4 members (excludes halogenated alkanes) is 3. The number of ketones is 1. The molecule has 6 heteroatoms. The van der Waals surface area contributed by atoms with Crippen molar-refractivity contribution in [3.8, 4) is 0 Å². The number of thiocarbonyl (C=S) groups is 1. The molecule has 3 rings (SSSR count). The van der Waals surface area contributed by atoms with Crippen molar-refractivity contribution in [3.05, 3.63) is 91.0 Å². The van der Waals surface area contributed by atoms with E-state index in [1.165, 1.54) is 41.8 Å². The summed E-state index contributed by atoms with van der Waals surface area (Å²) in [6.07, 6.45) is 5.69. The summed E-state index contributed by atoms with van der Waals surface area (Å²) in [5, 5.41) is 12.0. The molecule has 0 aliphatic rings. The van der Waals surface area contributed by atoms with Crippen LogP contribution in [0.1, 0.15) is 39.5 Å². The van der Waals surface area contributed by atoms with Gasteiger partial charge in [0.25, 0.3) is 0 Å². The third-order valence-corrected chi connectivity index (χ3v) is 11.7. The van der Waals surface area contributed by atoms with Gasteiger partial charge in [0, 0.05) is 6.92 Å². The predicted octanol–water partition coefficient (Wildman–Crippen LogP) is 4.70. The number of nitrogens with one attached hydrogen (secondary N) is 2. The topological polar surface area (TPSA) is 53.5 Å². The molecule has 0 radical (unpaired) electrons. The molecular weight excluding hydrogens is 469 g/mol. The zero-order chi connectivity index (χ0) is 24.9. The van der Waals surface area contributed by atoms with Gasteiger partial charge in [0.05, 0.1) is 0 Å². The van der Waals surface area contributed by atoms with Gasteiger partial charge in [-0.25, -0.2) is 0 Å². The molecule has 0 aliphatic carbocycles. The van der Waals surface area contributed by atoms with Crippen LogP contribution in [0.15, 0.2) is 96.1 Å². The Labute approximate surface area is 215 Å². The summed E-state index contributed by atoms with van der Waals surface area (Å²) in [5.74, 6) is -0.0681. The van der Waals surface area contributed by atoms with E-state index in [1.807, 2.05) is 0 Å². The molecular formula is C29H36N3OPS. The fourth-order valence-corrected chi connectivity index (χ4v) is 9.50. The molecule has 184 valence electrons. The summed E-state index contributed by atoms with van der Waals surface area (Å²) in [7, 11) is -2.13. The van der Waals surface area contributed by atoms with E-state index in [0.29, 0.717) is 10.8 Å². The first kappa shape index (κ1) is 26.7. The molecule has 4 nitrogen and oxygen atoms in total. The van der Waals surface area contributed by atoms with E-state index in [-0.39, 0.29) is 5.78 Å². The van der Waals surface area contributed by atoms with E-state index in [0.717, 1.165) is 19.4 Å². The predicted molar refractivity (Wildman–Crippen MR) is 157 cm³/mol. The molecule has 0 aromatic heterocycles. The van der Waals surface area contributed by atoms with E-state index in [1.54, 1.807) is 6.92 Å². The van der Waals surface area contributed by atoms with Crippen LogP contribution in [-0.4, -0.2) is 29.3 Å². The number of Topliss-reactive ketones (excluding diaryl/α,β-unsaturated/α-hetero) is 1. The minimum absolute atomic E-state index is 0.0681. The van der Waals surface area contributed by atoms with Gasteiger partial charge in [-0.3, -0.25) is 4.79 Å². The summed E-state index contributed by atoms with van der Waals surface area (Å²) in [6, 6.07) is 33.3. The molecule has 0 amide bonds. The molecule has 2 N–H and O–H groups in total. The van der Waals surface area contributed by atoms with Crippen molar-refractivity contribution in [1.29, 1.82) is 0 Å². The Hall–Kier alpha value is -2.88. The van der Waals surface area contributed by atoms with Gasteiger partial charge in [-0.05, 0) is 0 Å². The van der Waals surface area contributed by atoms with Crippen LogP contribution >= 0.6 is 19.5 Å². The van der Waals surface area contributed by atoms with Crippen molar-refractivity contribution < 1.29 is 4.79 Å². The molecule has 0 spiro atoms. The van der Waals surface area contributed by atoms with E-state index in [2.05, 4.69) is 107 Å². The molecule has 35 heavy (non-hydrogen) atoms. The quantitative estimate of drug-likeness (QED) is 0.123. The number of hydrogen-bond acceptors (Lipinski definition) is 3. The van der Waals surface area contributed by atoms with Crippen LogP contribution < -0.4 is 26.7 Å². The number of benzene rings is 3. The van der Waals surface area contributed by atoms with Crippen LogP contribution in [0.4, 0.5) is 0 Å². The van der Waals surface area contributed by atoms with E-state index < -0.39 is 7.26 Å². The Balaban J connectivity index is 1.62. The number of carbonyl (C=O) groups is 1. The van der Waals surface area contributed by atoms with Crippen molar-refractivity contribution >= 4 is 52.0 Å². The molecule has 3 aromatic carbocycles. The maximum absolute atomic E-state index is 11.2. The van der Waals surface area contributed by atoms with Gasteiger partial charge < -0.3 is 0 Å². The first-order valence-corrected chi connectivity index (χ1v) is 14.9. The minimum atomic E-state index is -2.13. The van der Waals surface area contributed by atoms with Crippen LogP contribution in [0.5, 0.6) is 0 Å². The molecule has 0 unspecified atom stereocenters. The molecule has 0 heterocycles. The van der Waals surface area contributed by atoms with Crippen LogP contribution in [0.3, 0.4) is 0 Å². The zero-order valence-electron chi connectivity index (χ0n) is 20.7. The summed E-state index contributed by atoms with van der Waals surface area (Å²) in [4.78, 5) is 11.2. The van der Waals surface area contributed by atoms with Gasteiger partial charge in [0.2, 0.25) is 0 Å². The van der Waals surface area contributed by atoms with Crippen molar-refractivity contribution in [2.24, 2.45) is 5.10 Å². The van der Waals surface area contributed by atoms with Gasteiger partial charge in [-0.2, -0.15) is 0 Å². The second-order valence-corrected chi connectivity index (χ2v) is 13.2. The molecule has 0 bridgehead atoms. The summed E-state index contributed by atoms with van der Waals surface area (Å²) in [5.41, 5.74) is 3.15. The van der Waals surface area contributed by atoms with Gasteiger partial charge in [-0.15, -0.1) is 0 Å². The Morgan fingerprint density at radius 2 is 1.20 bits per heavy atom. The number of rotatable bonds is 12. The molecule has 0 aliphatic heterocycles. The normalized spacial score (nSPS) is 12.1. The molecule has 0 saturated carbocycles. The van der Waals surface area contributed by atoms with Crippen molar-refractivity contribution in [1.82, 2.24) is 10.7 Å². The first-order valence-electron chi connectivity index (χ1n) is 12.3. The summed E-state index contributed by atoms with van der Waals surface area (Å²) in [6.45, 7) is 3.95. The monoisotopic (exact) mass is 505 g/mol. The van der Waals surface area contributed by atoms with Gasteiger partial charge >= 0.3 is 204 Å². The maximum atomic E-state index is 11.2. The van der Waals surface area contributed by atoms with E-state index >= 15 is 0 Å². The second kappa shape index (κ2) is 13.9. The Kier molecular flexibility index (Phi) is 10.6. The third kappa shape index (κ3) is 7.55. The Morgan fingerprint density at radius 3 is 1.66 bits per heavy atom. The third-order valence-electron chi connectivity index (χ3n) is 6.40. The average molecular weight is 506 g/mol. The van der Waals surface area contributed by atoms with Gasteiger partial charge in [0.1, 0.15) is 0 Å². The van der Waals surface area contributed by atoms with Gasteiger partial charge in [0.15, 0.2) is 0 Å². The number of nitrogens with zero attached hydrogens (tertiary/aromatic N) is 1. The van der Waals surface area contributed by atoms with Crippen LogP contribution in [0, 0.1) is 0 Å². The fourth-order valence-electron chi connectivity index (χ4n) is 4.42. The Bertz CT molecular complexity index is 1010. The number of carbonyl (C=O) groups excluding carboxylic acids is 1. The van der Waals surface area contributed by atoms with Crippen LogP contribution in [-0.2, 0) is 4.79 Å². The van der Waals surface area contributed by atoms with E-state index in [4.69, 9.17) is 12.2 Å². The average Bonchev–Trinajstić information content (AvgIpc) is 2.90. The second-order valence-electron chi connectivity index (χ2n) is 8.79. The first-order chi connectivity index (χ1) is 17.0. The summed E-state index contributed by atoms with van der Waals surface area (Å²) >= 11 is 5.24. The zero-order valence-corrected chi connectivity index (χ0v) is 22.5. The molecule has 0 fully saturated rings. The van der Waals surface area contributed by atoms with E-state index in [9.17, 15) is 4.79 Å². The fraction of sp³-hybridized carbons (Fsp3) is 0.276. The number of hydrogen-bond donors (Lipinski definition) is 2. The van der Waals surface area contributed by atoms with Gasteiger partial charge in [-0.1, -0.05) is 0 Å². The molecule has 0 atom stereocenters. The standard InChI is InChI=1S/C29H36N3OPS/c1-24(25(2)33)31-32-29(35)30-22-14-3-4-15-23-34(26-16-8-5-9-17-26,27-18-10-6-11-19-27)28-20-12-7-13-21-28/h5-13,16-21,34H,3-4,14-15,22-23H2,1-2H3,(H2,30,32,35)/b31-24-.